The molecule has 5 rings (SSSR count). The molecule has 0 radical (unpaired) electrons. The van der Waals surface area contributed by atoms with Gasteiger partial charge in [0, 0.05) is 23.7 Å². The molecule has 0 spiro atoms. The Morgan fingerprint density at radius 3 is 2.79 bits per heavy atom. The summed E-state index contributed by atoms with van der Waals surface area (Å²) in [5.41, 5.74) is 11.2. The molecule has 3 N–H and O–H groups in total. The van der Waals surface area contributed by atoms with Crippen LogP contribution in [0.3, 0.4) is 0 Å². The van der Waals surface area contributed by atoms with E-state index in [4.69, 9.17) is 10.5 Å². The first-order valence-electron chi connectivity index (χ1n) is 9.88. The first-order chi connectivity index (χ1) is 13.9. The molecule has 0 unspecified atom stereocenters. The van der Waals surface area contributed by atoms with E-state index in [1.165, 1.54) is 0 Å². The third kappa shape index (κ3) is 2.97. The summed E-state index contributed by atoms with van der Waals surface area (Å²) in [5.74, 6) is 0.433. The summed E-state index contributed by atoms with van der Waals surface area (Å²) in [5, 5.41) is 0. The Bertz CT molecular complexity index is 1140. The normalized spacial score (nSPS) is 16.8. The maximum Gasteiger partial charge on any atom is 0.270 e. The van der Waals surface area contributed by atoms with Gasteiger partial charge >= 0.3 is 0 Å². The van der Waals surface area contributed by atoms with E-state index in [2.05, 4.69) is 9.97 Å². The lowest BCUT2D eigenvalue weighted by Gasteiger charge is -2.25. The van der Waals surface area contributed by atoms with Crippen molar-refractivity contribution in [3.05, 3.63) is 58.0 Å². The van der Waals surface area contributed by atoms with Crippen LogP contribution in [-0.2, 0) is 18.0 Å². The van der Waals surface area contributed by atoms with Crippen LogP contribution in [0, 0.1) is 5.82 Å². The minimum Gasteiger partial charge on any atom is -0.383 e. The summed E-state index contributed by atoms with van der Waals surface area (Å²) in [4.78, 5) is 22.2. The zero-order valence-corrected chi connectivity index (χ0v) is 16.5. The quantitative estimate of drug-likeness (QED) is 0.700. The molecule has 1 saturated carbocycles. The number of aromatic nitrogens is 2. The van der Waals surface area contributed by atoms with Gasteiger partial charge in [-0.1, -0.05) is 12.1 Å². The van der Waals surface area contributed by atoms with Crippen molar-refractivity contribution in [3.8, 4) is 0 Å². The molecular weight excluding hydrogens is 371 g/mol. The van der Waals surface area contributed by atoms with E-state index in [1.54, 1.807) is 30.1 Å². The molecule has 3 aromatic rings. The molecule has 1 aliphatic carbocycles. The maximum atomic E-state index is 14.7. The second kappa shape index (κ2) is 6.56. The predicted octanol–water partition coefficient (Wildman–Crippen LogP) is 4.03. The Kier molecular flexibility index (Phi) is 4.10. The number of pyridine rings is 1. The molecule has 1 amide bonds. The zero-order valence-electron chi connectivity index (χ0n) is 16.5. The zero-order chi connectivity index (χ0) is 20.3. The monoisotopic (exact) mass is 394 g/mol. The first-order valence-corrected chi connectivity index (χ1v) is 9.88. The summed E-state index contributed by atoms with van der Waals surface area (Å²) >= 11 is 0. The molecule has 1 fully saturated rings. The molecule has 1 aliphatic heterocycles. The van der Waals surface area contributed by atoms with E-state index in [0.29, 0.717) is 41.7 Å². The van der Waals surface area contributed by atoms with Crippen molar-refractivity contribution in [1.82, 2.24) is 14.9 Å². The summed E-state index contributed by atoms with van der Waals surface area (Å²) in [6, 6.07) is 6.68. The number of anilines is 1. The van der Waals surface area contributed by atoms with E-state index >= 15 is 0 Å². The van der Waals surface area contributed by atoms with Gasteiger partial charge in [0.15, 0.2) is 0 Å². The molecule has 29 heavy (non-hydrogen) atoms. The van der Waals surface area contributed by atoms with Crippen molar-refractivity contribution in [2.75, 3.05) is 12.8 Å². The number of H-pyrrole nitrogens is 1. The lowest BCUT2D eigenvalue weighted by Crippen LogP contribution is -2.30. The average molecular weight is 394 g/mol. The Labute approximate surface area is 167 Å². The van der Waals surface area contributed by atoms with Crippen molar-refractivity contribution in [1.29, 1.82) is 0 Å². The van der Waals surface area contributed by atoms with E-state index in [1.807, 2.05) is 13.0 Å². The summed E-state index contributed by atoms with van der Waals surface area (Å²) in [6.07, 6.45) is 2.25. The van der Waals surface area contributed by atoms with Gasteiger partial charge < -0.3 is 20.4 Å². The van der Waals surface area contributed by atoms with Crippen LogP contribution in [0.5, 0.6) is 0 Å². The smallest absolute Gasteiger partial charge is 0.270 e. The number of benzene rings is 1. The molecule has 1 aromatic carbocycles. The van der Waals surface area contributed by atoms with Crippen LogP contribution < -0.4 is 5.73 Å². The second-order valence-corrected chi connectivity index (χ2v) is 8.04. The molecular formula is C22H23FN4O2. The predicted molar refractivity (Wildman–Crippen MR) is 108 cm³/mol. The third-order valence-corrected chi connectivity index (χ3v) is 6.16. The fourth-order valence-electron chi connectivity index (χ4n) is 4.08. The number of fused-ring (bicyclic) bond motifs is 3. The number of hydrogen-bond acceptors (Lipinski definition) is 4. The van der Waals surface area contributed by atoms with Crippen molar-refractivity contribution in [2.45, 2.75) is 44.9 Å². The number of aromatic amines is 1. The van der Waals surface area contributed by atoms with Crippen LogP contribution >= 0.6 is 0 Å². The van der Waals surface area contributed by atoms with E-state index < -0.39 is 6.04 Å². The topological polar surface area (TPSA) is 84.2 Å². The number of carbonyl (C=O) groups is 1. The van der Waals surface area contributed by atoms with Crippen LogP contribution in [0.4, 0.5) is 10.2 Å². The van der Waals surface area contributed by atoms with Gasteiger partial charge in [-0.2, -0.15) is 0 Å². The van der Waals surface area contributed by atoms with Gasteiger partial charge in [-0.15, -0.1) is 0 Å². The summed E-state index contributed by atoms with van der Waals surface area (Å²) < 4.78 is 20.2. The number of nitrogens with zero attached hydrogens (tertiary/aromatic N) is 2. The maximum absolute atomic E-state index is 14.7. The molecule has 150 valence electrons. The molecule has 1 atom stereocenters. The van der Waals surface area contributed by atoms with Crippen molar-refractivity contribution < 1.29 is 13.9 Å². The highest BCUT2D eigenvalue weighted by Gasteiger charge is 2.28. The molecule has 3 heterocycles. The van der Waals surface area contributed by atoms with Crippen LogP contribution in [0.15, 0.2) is 24.3 Å². The van der Waals surface area contributed by atoms with Gasteiger partial charge in [0.25, 0.3) is 5.91 Å². The fourth-order valence-corrected chi connectivity index (χ4v) is 4.08. The Morgan fingerprint density at radius 1 is 1.31 bits per heavy atom. The van der Waals surface area contributed by atoms with Crippen LogP contribution in [0.2, 0.25) is 0 Å². The molecule has 7 heteroatoms. The Balaban J connectivity index is 1.44. The second-order valence-electron chi connectivity index (χ2n) is 8.04. The number of nitrogens with one attached hydrogen (secondary N) is 1. The highest BCUT2D eigenvalue weighted by molar-refractivity contribution is 5.98. The van der Waals surface area contributed by atoms with Crippen molar-refractivity contribution in [3.63, 3.8) is 0 Å². The van der Waals surface area contributed by atoms with Gasteiger partial charge in [0.05, 0.1) is 30.3 Å². The number of rotatable bonds is 4. The first kappa shape index (κ1) is 18.1. The molecule has 6 nitrogen and oxygen atoms in total. The van der Waals surface area contributed by atoms with Crippen molar-refractivity contribution >= 4 is 22.8 Å². The van der Waals surface area contributed by atoms with Crippen molar-refractivity contribution in [2.24, 2.45) is 0 Å². The van der Waals surface area contributed by atoms with Gasteiger partial charge in [-0.25, -0.2) is 9.37 Å². The lowest BCUT2D eigenvalue weighted by atomic mass is 10.0. The van der Waals surface area contributed by atoms with Gasteiger partial charge in [0.1, 0.15) is 17.3 Å². The van der Waals surface area contributed by atoms with E-state index in [9.17, 15) is 9.18 Å². The SMILES string of the molecule is C[C@@H](c1ccc(C2CC2)cc1F)N(C)C(=O)c1cc2nc(N)c3c(c2[nH]1)COC3. The molecule has 2 aliphatic rings. The van der Waals surface area contributed by atoms with E-state index in [-0.39, 0.29) is 11.7 Å². The highest BCUT2D eigenvalue weighted by atomic mass is 19.1. The third-order valence-electron chi connectivity index (χ3n) is 6.16. The van der Waals surface area contributed by atoms with Gasteiger partial charge in [0.2, 0.25) is 0 Å². The molecule has 0 bridgehead atoms. The number of amides is 1. The van der Waals surface area contributed by atoms with Crippen LogP contribution in [0.25, 0.3) is 11.0 Å². The highest BCUT2D eigenvalue weighted by Crippen LogP contribution is 2.41. The largest absolute Gasteiger partial charge is 0.383 e. The van der Waals surface area contributed by atoms with E-state index in [0.717, 1.165) is 35.0 Å². The number of nitrogen functional groups attached to an aromatic ring is 1. The molecule has 2 aromatic heterocycles. The number of nitrogens with two attached hydrogens (primary N) is 1. The number of carbonyl (C=O) groups excluding carboxylic acids is 1. The molecule has 0 saturated heterocycles. The number of hydrogen-bond donors (Lipinski definition) is 2. The average Bonchev–Trinajstić information content (AvgIpc) is 3.28. The Hall–Kier alpha value is -2.93. The fraction of sp³-hybridized carbons (Fsp3) is 0.364. The minimum absolute atomic E-state index is 0.229. The minimum atomic E-state index is -0.408. The van der Waals surface area contributed by atoms with Crippen LogP contribution in [0.1, 0.15) is 64.5 Å². The van der Waals surface area contributed by atoms with Crippen LogP contribution in [-0.4, -0.2) is 27.8 Å². The van der Waals surface area contributed by atoms with Gasteiger partial charge in [-0.05, 0) is 43.4 Å². The standard InChI is InChI=1S/C22H23FN4O2/c1-11(14-6-5-13(7-17(14)23)12-3-4-12)27(2)22(28)19-8-18-20(25-19)15-9-29-10-16(15)21(24)26-18/h5-8,11-12,25H,3-4,9-10H2,1-2H3,(H2,24,26)/t11-/m0/s1. The number of halogens is 1. The Morgan fingerprint density at radius 2 is 2.07 bits per heavy atom. The summed E-state index contributed by atoms with van der Waals surface area (Å²) in [6.45, 7) is 2.70. The lowest BCUT2D eigenvalue weighted by molar-refractivity contribution is 0.0735. The van der Waals surface area contributed by atoms with Gasteiger partial charge in [-0.3, -0.25) is 4.79 Å². The summed E-state index contributed by atoms with van der Waals surface area (Å²) in [7, 11) is 1.68. The number of ether oxygens (including phenoxy) is 1.